The number of benzene rings is 3. The first-order chi connectivity index (χ1) is 16.0. The van der Waals surface area contributed by atoms with Crippen LogP contribution in [0.5, 0.6) is 5.75 Å². The molecule has 0 spiro atoms. The Hall–Kier alpha value is -4.26. The van der Waals surface area contributed by atoms with E-state index in [-0.39, 0.29) is 23.5 Å². The van der Waals surface area contributed by atoms with Gasteiger partial charge in [0.1, 0.15) is 24.0 Å². The summed E-state index contributed by atoms with van der Waals surface area (Å²) in [6, 6.07) is 18.2. The number of carboxylic acid groups (broad SMARTS) is 1. The number of ether oxygens (including phenoxy) is 1. The summed E-state index contributed by atoms with van der Waals surface area (Å²) < 4.78 is 21.1. The van der Waals surface area contributed by atoms with E-state index >= 15 is 0 Å². The zero-order chi connectivity index (χ0) is 22.9. The lowest BCUT2D eigenvalue weighted by Crippen LogP contribution is -2.20. The number of aromatic nitrogens is 2. The van der Waals surface area contributed by atoms with Gasteiger partial charge in [0, 0.05) is 12.1 Å². The summed E-state index contributed by atoms with van der Waals surface area (Å²) >= 11 is 0. The minimum atomic E-state index is -1.06. The van der Waals surface area contributed by atoms with Gasteiger partial charge < -0.3 is 9.84 Å². The van der Waals surface area contributed by atoms with Gasteiger partial charge in [0.15, 0.2) is 0 Å². The van der Waals surface area contributed by atoms with Crippen molar-refractivity contribution in [3.63, 3.8) is 0 Å². The largest absolute Gasteiger partial charge is 0.489 e. The van der Waals surface area contributed by atoms with E-state index in [1.54, 1.807) is 22.8 Å². The minimum Gasteiger partial charge on any atom is -0.489 e. The van der Waals surface area contributed by atoms with E-state index in [0.29, 0.717) is 41.0 Å². The molecule has 0 saturated heterocycles. The lowest BCUT2D eigenvalue weighted by Gasteiger charge is -2.08. The smallest absolute Gasteiger partial charge is 0.335 e. The van der Waals surface area contributed by atoms with Crippen LogP contribution in [0.2, 0.25) is 0 Å². The van der Waals surface area contributed by atoms with E-state index in [1.807, 2.05) is 30.3 Å². The van der Waals surface area contributed by atoms with Crippen molar-refractivity contribution in [2.24, 2.45) is 0 Å². The SMILES string of the molecule is O=C(O)c1ccc2c(=O)n3c(nc2c1)/C(=C/c1ccc(OCc2ccccc2F)cc1)CC3. The van der Waals surface area contributed by atoms with Crippen molar-refractivity contribution in [3.05, 3.63) is 105 Å². The van der Waals surface area contributed by atoms with Crippen molar-refractivity contribution in [1.29, 1.82) is 0 Å². The highest BCUT2D eigenvalue weighted by Gasteiger charge is 2.21. The molecule has 164 valence electrons. The second kappa shape index (κ2) is 8.35. The van der Waals surface area contributed by atoms with Gasteiger partial charge in [0.2, 0.25) is 0 Å². The zero-order valence-electron chi connectivity index (χ0n) is 17.5. The molecule has 0 unspecified atom stereocenters. The molecule has 0 atom stereocenters. The monoisotopic (exact) mass is 442 g/mol. The number of hydrogen-bond acceptors (Lipinski definition) is 4. The summed E-state index contributed by atoms with van der Waals surface area (Å²) in [5.41, 5.74) is 2.58. The van der Waals surface area contributed by atoms with Gasteiger partial charge in [-0.05, 0) is 60.0 Å². The summed E-state index contributed by atoms with van der Waals surface area (Å²) in [5.74, 6) is -0.194. The third-order valence-corrected chi connectivity index (χ3v) is 5.67. The number of allylic oxidation sites excluding steroid dienone is 1. The van der Waals surface area contributed by atoms with Gasteiger partial charge in [-0.3, -0.25) is 9.36 Å². The predicted octanol–water partition coefficient (Wildman–Crippen LogP) is 4.76. The van der Waals surface area contributed by atoms with E-state index in [4.69, 9.17) is 4.74 Å². The van der Waals surface area contributed by atoms with Gasteiger partial charge in [-0.2, -0.15) is 0 Å². The third-order valence-electron chi connectivity index (χ3n) is 5.67. The van der Waals surface area contributed by atoms with E-state index < -0.39 is 5.97 Å². The van der Waals surface area contributed by atoms with E-state index in [1.165, 1.54) is 24.3 Å². The molecule has 5 rings (SSSR count). The Labute approximate surface area is 188 Å². The number of hydrogen-bond donors (Lipinski definition) is 1. The lowest BCUT2D eigenvalue weighted by molar-refractivity contribution is 0.0697. The molecule has 0 amide bonds. The highest BCUT2D eigenvalue weighted by Crippen LogP contribution is 2.28. The van der Waals surface area contributed by atoms with E-state index in [0.717, 1.165) is 11.1 Å². The maximum Gasteiger partial charge on any atom is 0.335 e. The fourth-order valence-corrected chi connectivity index (χ4v) is 3.93. The maximum absolute atomic E-state index is 13.7. The maximum atomic E-state index is 13.7. The first-order valence-electron chi connectivity index (χ1n) is 10.4. The van der Waals surface area contributed by atoms with Crippen LogP contribution in [0.15, 0.2) is 71.5 Å². The van der Waals surface area contributed by atoms with Gasteiger partial charge in [-0.1, -0.05) is 30.3 Å². The van der Waals surface area contributed by atoms with Crippen molar-refractivity contribution in [1.82, 2.24) is 9.55 Å². The number of nitrogens with zero attached hydrogens (tertiary/aromatic N) is 2. The molecule has 6 nitrogen and oxygen atoms in total. The van der Waals surface area contributed by atoms with Crippen LogP contribution in [0, 0.1) is 5.82 Å². The second-order valence-corrected chi connectivity index (χ2v) is 7.80. The molecule has 4 aromatic rings. The van der Waals surface area contributed by atoms with Crippen LogP contribution < -0.4 is 10.3 Å². The Balaban J connectivity index is 1.41. The van der Waals surface area contributed by atoms with Crippen molar-refractivity contribution in [2.45, 2.75) is 19.6 Å². The van der Waals surface area contributed by atoms with Gasteiger partial charge in [0.25, 0.3) is 5.56 Å². The van der Waals surface area contributed by atoms with Gasteiger partial charge in [-0.25, -0.2) is 14.2 Å². The first kappa shape index (κ1) is 20.6. The van der Waals surface area contributed by atoms with E-state index in [9.17, 15) is 19.1 Å². The third kappa shape index (κ3) is 4.01. The van der Waals surface area contributed by atoms with Crippen molar-refractivity contribution < 1.29 is 19.0 Å². The van der Waals surface area contributed by atoms with Crippen molar-refractivity contribution >= 4 is 28.5 Å². The Morgan fingerprint density at radius 1 is 1.12 bits per heavy atom. The molecular formula is C26H19FN2O4. The number of carbonyl (C=O) groups is 1. The van der Waals surface area contributed by atoms with Crippen LogP contribution in [0.4, 0.5) is 4.39 Å². The number of aromatic carboxylic acids is 1. The van der Waals surface area contributed by atoms with Gasteiger partial charge in [-0.15, -0.1) is 0 Å². The Bertz CT molecular complexity index is 1470. The first-order valence-corrected chi connectivity index (χ1v) is 10.4. The Morgan fingerprint density at radius 2 is 1.91 bits per heavy atom. The molecule has 0 fully saturated rings. The topological polar surface area (TPSA) is 81.4 Å². The summed E-state index contributed by atoms with van der Waals surface area (Å²) in [6.07, 6.45) is 2.61. The van der Waals surface area contributed by atoms with Crippen LogP contribution in [0.25, 0.3) is 22.6 Å². The summed E-state index contributed by atoms with van der Waals surface area (Å²) in [7, 11) is 0. The van der Waals surface area contributed by atoms with Gasteiger partial charge >= 0.3 is 5.97 Å². The summed E-state index contributed by atoms with van der Waals surface area (Å²) in [5, 5.41) is 9.65. The standard InChI is InChI=1S/C26H19FN2O4/c27-22-4-2-1-3-19(22)15-33-20-8-5-16(6-9-20)13-17-11-12-29-24(17)28-23-14-18(26(31)32)7-10-21(23)25(29)30/h1-10,13-14H,11-12,15H2,(H,31,32)/b17-13+. The highest BCUT2D eigenvalue weighted by molar-refractivity contribution is 5.93. The van der Waals surface area contributed by atoms with Crippen molar-refractivity contribution in [3.8, 4) is 5.75 Å². The van der Waals surface area contributed by atoms with Crippen LogP contribution in [0.1, 0.15) is 33.7 Å². The lowest BCUT2D eigenvalue weighted by atomic mass is 10.1. The molecule has 1 aliphatic rings. The average Bonchev–Trinajstić information content (AvgIpc) is 3.22. The molecule has 0 saturated carbocycles. The molecule has 0 radical (unpaired) electrons. The zero-order valence-corrected chi connectivity index (χ0v) is 17.5. The molecule has 1 aliphatic heterocycles. The van der Waals surface area contributed by atoms with Crippen LogP contribution in [-0.2, 0) is 13.2 Å². The number of fused-ring (bicyclic) bond motifs is 2. The second-order valence-electron chi connectivity index (χ2n) is 7.80. The van der Waals surface area contributed by atoms with Crippen LogP contribution in [-0.4, -0.2) is 20.6 Å². The minimum absolute atomic E-state index is 0.0915. The number of carboxylic acids is 1. The fraction of sp³-hybridized carbons (Fsp3) is 0.115. The molecule has 1 N–H and O–H groups in total. The van der Waals surface area contributed by atoms with Crippen molar-refractivity contribution in [2.75, 3.05) is 0 Å². The van der Waals surface area contributed by atoms with Crippen LogP contribution >= 0.6 is 0 Å². The Kier molecular flexibility index (Phi) is 5.22. The van der Waals surface area contributed by atoms with E-state index in [2.05, 4.69) is 4.98 Å². The number of halogens is 1. The molecule has 3 aromatic carbocycles. The molecule has 1 aromatic heterocycles. The molecule has 0 bridgehead atoms. The molecule has 33 heavy (non-hydrogen) atoms. The average molecular weight is 442 g/mol. The summed E-state index contributed by atoms with van der Waals surface area (Å²) in [4.78, 5) is 28.7. The normalized spacial score (nSPS) is 13.9. The molecule has 0 aliphatic carbocycles. The van der Waals surface area contributed by atoms with Gasteiger partial charge in [0.05, 0.1) is 16.5 Å². The molecule has 7 heteroatoms. The van der Waals surface area contributed by atoms with Crippen LogP contribution in [0.3, 0.4) is 0 Å². The quantitative estimate of drug-likeness (QED) is 0.482. The molecular weight excluding hydrogens is 423 g/mol. The highest BCUT2D eigenvalue weighted by atomic mass is 19.1. The molecule has 2 heterocycles. The summed E-state index contributed by atoms with van der Waals surface area (Å²) in [6.45, 7) is 0.659. The predicted molar refractivity (Wildman–Crippen MR) is 123 cm³/mol. The fourth-order valence-electron chi connectivity index (χ4n) is 3.93. The Morgan fingerprint density at radius 3 is 2.67 bits per heavy atom. The number of rotatable bonds is 5.